The van der Waals surface area contributed by atoms with Crippen molar-refractivity contribution in [2.45, 2.75) is 0 Å². The van der Waals surface area contributed by atoms with E-state index in [2.05, 4.69) is 10.3 Å². The fourth-order valence-corrected chi connectivity index (χ4v) is 3.43. The van der Waals surface area contributed by atoms with Gasteiger partial charge in [-0.2, -0.15) is 0 Å². The van der Waals surface area contributed by atoms with Crippen molar-refractivity contribution in [2.24, 2.45) is 0 Å². The Morgan fingerprint density at radius 1 is 1.04 bits per heavy atom. The van der Waals surface area contributed by atoms with Crippen LogP contribution < -0.4 is 5.32 Å². The van der Waals surface area contributed by atoms with Crippen LogP contribution in [0.4, 0.5) is 5.13 Å². The van der Waals surface area contributed by atoms with Crippen LogP contribution in [0.15, 0.2) is 53.9 Å². The van der Waals surface area contributed by atoms with Crippen LogP contribution in [-0.4, -0.2) is 10.9 Å². The summed E-state index contributed by atoms with van der Waals surface area (Å²) in [5.41, 5.74) is 2.30. The van der Waals surface area contributed by atoms with E-state index in [1.54, 1.807) is 36.4 Å². The molecule has 3 nitrogen and oxygen atoms in total. The number of hydrogen-bond donors (Lipinski definition) is 1. The van der Waals surface area contributed by atoms with Crippen molar-refractivity contribution in [3.8, 4) is 11.3 Å². The average molecular weight is 410 g/mol. The van der Waals surface area contributed by atoms with Crippen LogP contribution in [0.3, 0.4) is 0 Å². The van der Waals surface area contributed by atoms with Crippen LogP contribution in [0, 0.1) is 0 Å². The number of nitrogens with one attached hydrogen (secondary N) is 1. The van der Waals surface area contributed by atoms with E-state index in [4.69, 9.17) is 34.8 Å². The van der Waals surface area contributed by atoms with Crippen molar-refractivity contribution in [2.75, 3.05) is 5.32 Å². The molecule has 1 amide bonds. The number of nitrogens with zero attached hydrogens (tertiary/aromatic N) is 1. The van der Waals surface area contributed by atoms with Crippen molar-refractivity contribution in [3.05, 3.63) is 74.6 Å². The smallest absolute Gasteiger partial charge is 0.250 e. The van der Waals surface area contributed by atoms with Gasteiger partial charge in [-0.3, -0.25) is 10.1 Å². The Morgan fingerprint density at radius 2 is 1.72 bits per heavy atom. The summed E-state index contributed by atoms with van der Waals surface area (Å²) >= 11 is 19.4. The van der Waals surface area contributed by atoms with Gasteiger partial charge in [0.2, 0.25) is 5.91 Å². The summed E-state index contributed by atoms with van der Waals surface area (Å²) in [6.45, 7) is 0. The molecule has 0 aliphatic rings. The molecule has 2 aromatic carbocycles. The monoisotopic (exact) mass is 408 g/mol. The molecule has 1 heterocycles. The van der Waals surface area contributed by atoms with Gasteiger partial charge >= 0.3 is 0 Å². The summed E-state index contributed by atoms with van der Waals surface area (Å²) in [6, 6.07) is 12.5. The highest BCUT2D eigenvalue weighted by molar-refractivity contribution is 7.14. The average Bonchev–Trinajstić information content (AvgIpc) is 3.03. The third kappa shape index (κ3) is 4.61. The minimum Gasteiger partial charge on any atom is -0.298 e. The normalized spacial score (nSPS) is 11.0. The minimum absolute atomic E-state index is 0.312. The topological polar surface area (TPSA) is 42.0 Å². The number of aromatic nitrogens is 1. The molecule has 0 aliphatic heterocycles. The van der Waals surface area contributed by atoms with Crippen LogP contribution in [0.5, 0.6) is 0 Å². The molecule has 7 heteroatoms. The van der Waals surface area contributed by atoms with Gasteiger partial charge in [0.25, 0.3) is 0 Å². The number of amides is 1. The molecule has 0 saturated carbocycles. The highest BCUT2D eigenvalue weighted by atomic mass is 35.5. The van der Waals surface area contributed by atoms with Gasteiger partial charge in [0, 0.05) is 37.7 Å². The summed E-state index contributed by atoms with van der Waals surface area (Å²) in [7, 11) is 0. The van der Waals surface area contributed by atoms with Crippen LogP contribution in [0.2, 0.25) is 15.1 Å². The lowest BCUT2D eigenvalue weighted by molar-refractivity contribution is -0.111. The highest BCUT2D eigenvalue weighted by Crippen LogP contribution is 2.27. The molecule has 0 saturated heterocycles. The van der Waals surface area contributed by atoms with E-state index in [1.165, 1.54) is 17.4 Å². The third-order valence-corrected chi connectivity index (χ3v) is 4.94. The number of carbonyl (C=O) groups is 1. The molecule has 0 fully saturated rings. The first-order valence-corrected chi connectivity index (χ1v) is 9.19. The highest BCUT2D eigenvalue weighted by Gasteiger charge is 2.07. The van der Waals surface area contributed by atoms with Crippen LogP contribution in [0.25, 0.3) is 17.3 Å². The Labute approximate surface area is 163 Å². The van der Waals surface area contributed by atoms with Gasteiger partial charge < -0.3 is 0 Å². The third-order valence-electron chi connectivity index (χ3n) is 3.28. The summed E-state index contributed by atoms with van der Waals surface area (Å²) < 4.78 is 0. The lowest BCUT2D eigenvalue weighted by Gasteiger charge is -2.01. The van der Waals surface area contributed by atoms with E-state index in [1.807, 2.05) is 17.5 Å². The second-order valence-electron chi connectivity index (χ2n) is 5.00. The zero-order chi connectivity index (χ0) is 17.8. The van der Waals surface area contributed by atoms with E-state index < -0.39 is 0 Å². The molecule has 0 spiro atoms. The number of benzene rings is 2. The van der Waals surface area contributed by atoms with Gasteiger partial charge in [0.15, 0.2) is 5.13 Å². The molecule has 25 heavy (non-hydrogen) atoms. The van der Waals surface area contributed by atoms with Gasteiger partial charge in [-0.05, 0) is 30.3 Å². The van der Waals surface area contributed by atoms with Gasteiger partial charge in [0.05, 0.1) is 5.69 Å². The number of carbonyl (C=O) groups excluding carboxylic acids is 1. The summed E-state index contributed by atoms with van der Waals surface area (Å²) in [5, 5.41) is 6.72. The predicted molar refractivity (Wildman–Crippen MR) is 107 cm³/mol. The Kier molecular flexibility index (Phi) is 5.76. The maximum atomic E-state index is 12.1. The van der Waals surface area contributed by atoms with Crippen LogP contribution >= 0.6 is 46.1 Å². The van der Waals surface area contributed by atoms with E-state index in [-0.39, 0.29) is 5.91 Å². The van der Waals surface area contributed by atoms with Crippen molar-refractivity contribution in [1.29, 1.82) is 0 Å². The molecular formula is C18H11Cl3N2OS. The minimum atomic E-state index is -0.312. The molecule has 0 radical (unpaired) electrons. The summed E-state index contributed by atoms with van der Waals surface area (Å²) in [4.78, 5) is 16.5. The maximum absolute atomic E-state index is 12.1. The first-order chi connectivity index (χ1) is 12.0. The molecule has 0 unspecified atom stereocenters. The molecule has 1 aromatic heterocycles. The van der Waals surface area contributed by atoms with E-state index in [0.717, 1.165) is 11.3 Å². The number of thiazole rings is 1. The lowest BCUT2D eigenvalue weighted by Crippen LogP contribution is -2.07. The zero-order valence-corrected chi connectivity index (χ0v) is 15.8. The van der Waals surface area contributed by atoms with E-state index in [0.29, 0.717) is 25.8 Å². The molecule has 3 rings (SSSR count). The van der Waals surface area contributed by atoms with Crippen molar-refractivity contribution in [1.82, 2.24) is 4.98 Å². The molecule has 3 aromatic rings. The summed E-state index contributed by atoms with van der Waals surface area (Å²) in [6.07, 6.45) is 2.95. The van der Waals surface area contributed by atoms with Gasteiger partial charge in [-0.25, -0.2) is 4.98 Å². The number of rotatable bonds is 4. The van der Waals surface area contributed by atoms with Crippen LogP contribution in [-0.2, 0) is 4.79 Å². The largest absolute Gasteiger partial charge is 0.298 e. The van der Waals surface area contributed by atoms with Crippen molar-refractivity contribution < 1.29 is 4.79 Å². The van der Waals surface area contributed by atoms with Crippen molar-refractivity contribution >= 4 is 63.3 Å². The second-order valence-corrected chi connectivity index (χ2v) is 7.11. The van der Waals surface area contributed by atoms with E-state index in [9.17, 15) is 4.79 Å². The Hall–Kier alpha value is -1.85. The Balaban J connectivity index is 1.69. The van der Waals surface area contributed by atoms with Crippen LogP contribution in [0.1, 0.15) is 5.56 Å². The SMILES string of the molecule is O=C(/C=C/c1c(Cl)cccc1Cl)Nc1nc(-c2ccc(Cl)cc2)cs1. The van der Waals surface area contributed by atoms with Gasteiger partial charge in [-0.15, -0.1) is 11.3 Å². The second kappa shape index (κ2) is 8.02. The predicted octanol–water partition coefficient (Wildman–Crippen LogP) is 6.42. The molecule has 0 bridgehead atoms. The Bertz CT molecular complexity index is 915. The van der Waals surface area contributed by atoms with Gasteiger partial charge in [-0.1, -0.05) is 53.0 Å². The zero-order valence-electron chi connectivity index (χ0n) is 12.7. The lowest BCUT2D eigenvalue weighted by atomic mass is 10.2. The fraction of sp³-hybridized carbons (Fsp3) is 0. The standard InChI is InChI=1S/C18H11Cl3N2OS/c19-12-6-4-11(5-7-12)16-10-25-18(22-16)23-17(24)9-8-13-14(20)2-1-3-15(13)21/h1-10H,(H,22,23,24)/b9-8+. The first-order valence-electron chi connectivity index (χ1n) is 7.17. The molecular weight excluding hydrogens is 399 g/mol. The molecule has 1 N–H and O–H groups in total. The first kappa shape index (κ1) is 18.0. The molecule has 126 valence electrons. The molecule has 0 atom stereocenters. The van der Waals surface area contributed by atoms with E-state index >= 15 is 0 Å². The summed E-state index contributed by atoms with van der Waals surface area (Å²) in [5.74, 6) is -0.312. The maximum Gasteiger partial charge on any atom is 0.250 e. The Morgan fingerprint density at radius 3 is 2.40 bits per heavy atom. The number of anilines is 1. The number of hydrogen-bond acceptors (Lipinski definition) is 3. The number of halogens is 3. The quantitative estimate of drug-likeness (QED) is 0.505. The molecule has 0 aliphatic carbocycles. The van der Waals surface area contributed by atoms with Crippen molar-refractivity contribution in [3.63, 3.8) is 0 Å². The van der Waals surface area contributed by atoms with Gasteiger partial charge in [0.1, 0.15) is 0 Å². The fourth-order valence-electron chi connectivity index (χ4n) is 2.06.